The van der Waals surface area contributed by atoms with Crippen molar-refractivity contribution >= 4 is 37.8 Å². The summed E-state index contributed by atoms with van der Waals surface area (Å²) in [5.74, 6) is -0.462. The molecule has 0 aliphatic heterocycles. The van der Waals surface area contributed by atoms with Crippen LogP contribution in [0.15, 0.2) is 51.5 Å². The van der Waals surface area contributed by atoms with Crippen molar-refractivity contribution in [2.24, 2.45) is 5.73 Å². The molecule has 2 aromatic rings. The number of hydrogen-bond donors (Lipinski definition) is 2. The molecule has 0 fully saturated rings. The summed E-state index contributed by atoms with van der Waals surface area (Å²) < 4.78 is 1.57. The molecule has 4 nitrogen and oxygen atoms in total. The monoisotopic (exact) mass is 397 g/mol. The van der Waals surface area contributed by atoms with Gasteiger partial charge in [-0.1, -0.05) is 30.3 Å². The van der Waals surface area contributed by atoms with Gasteiger partial charge in [0.1, 0.15) is 6.04 Å². The highest BCUT2D eigenvalue weighted by atomic mass is 79.9. The van der Waals surface area contributed by atoms with Gasteiger partial charge in [-0.25, -0.2) is 0 Å². The predicted molar refractivity (Wildman–Crippen MR) is 84.9 cm³/mol. The number of nitrogens with one attached hydrogen (secondary N) is 1. The summed E-state index contributed by atoms with van der Waals surface area (Å²) in [6.07, 6.45) is 1.64. The van der Waals surface area contributed by atoms with Crippen LogP contribution in [0.5, 0.6) is 0 Å². The van der Waals surface area contributed by atoms with Crippen LogP contribution in [0, 0.1) is 0 Å². The molecule has 0 aliphatic carbocycles. The van der Waals surface area contributed by atoms with E-state index in [0.717, 1.165) is 14.5 Å². The number of primary amides is 1. The molecule has 20 heavy (non-hydrogen) atoms. The molecule has 104 valence electrons. The third-order valence-electron chi connectivity index (χ3n) is 2.75. The van der Waals surface area contributed by atoms with E-state index >= 15 is 0 Å². The largest absolute Gasteiger partial charge is 0.368 e. The van der Waals surface area contributed by atoms with Crippen molar-refractivity contribution in [3.8, 4) is 0 Å². The van der Waals surface area contributed by atoms with Crippen LogP contribution in [0.3, 0.4) is 0 Å². The third-order valence-corrected chi connectivity index (χ3v) is 3.82. The highest BCUT2D eigenvalue weighted by Gasteiger charge is 2.21. The second-order valence-electron chi connectivity index (χ2n) is 4.22. The van der Waals surface area contributed by atoms with Crippen LogP contribution in [-0.4, -0.2) is 10.9 Å². The molecule has 1 aromatic heterocycles. The van der Waals surface area contributed by atoms with Crippen LogP contribution in [0.4, 0.5) is 0 Å². The van der Waals surface area contributed by atoms with E-state index in [-0.39, 0.29) is 0 Å². The number of aromatic nitrogens is 1. The Kier molecular flexibility index (Phi) is 5.28. The lowest BCUT2D eigenvalue weighted by molar-refractivity contribution is -0.120. The number of nitrogens with two attached hydrogens (primary N) is 1. The Balaban J connectivity index is 2.17. The number of amides is 1. The molecule has 3 N–H and O–H groups in total. The average molecular weight is 399 g/mol. The predicted octanol–water partition coefficient (Wildman–Crippen LogP) is 2.92. The van der Waals surface area contributed by atoms with Gasteiger partial charge in [0.25, 0.3) is 0 Å². The fraction of sp³-hybridized carbons (Fsp3) is 0.143. The Morgan fingerprint density at radius 3 is 2.60 bits per heavy atom. The molecule has 1 amide bonds. The number of hydrogen-bond acceptors (Lipinski definition) is 3. The molecule has 0 saturated carbocycles. The number of carbonyl (C=O) groups is 1. The number of nitrogens with zero attached hydrogens (tertiary/aromatic N) is 1. The Morgan fingerprint density at radius 1 is 1.30 bits per heavy atom. The van der Waals surface area contributed by atoms with Crippen LogP contribution >= 0.6 is 31.9 Å². The summed E-state index contributed by atoms with van der Waals surface area (Å²) >= 11 is 6.73. The number of rotatable bonds is 5. The van der Waals surface area contributed by atoms with Gasteiger partial charge in [0.05, 0.1) is 5.69 Å². The molecular formula is C14H13Br2N3O. The van der Waals surface area contributed by atoms with Gasteiger partial charge in [0.15, 0.2) is 0 Å². The minimum absolute atomic E-state index is 0.462. The lowest BCUT2D eigenvalue weighted by Gasteiger charge is -2.16. The molecule has 1 heterocycles. The number of halogens is 2. The van der Waals surface area contributed by atoms with Crippen molar-refractivity contribution in [2.45, 2.75) is 12.6 Å². The maximum absolute atomic E-state index is 11.6. The topological polar surface area (TPSA) is 68.0 Å². The number of pyridine rings is 1. The molecule has 2 rings (SSSR count). The fourth-order valence-electron chi connectivity index (χ4n) is 1.79. The standard InChI is InChI=1S/C14H13Br2N3O/c15-10-6-11(16)12(19-8-10)13(14(17)20)18-7-9-4-2-1-3-5-9/h1-6,8,13,18H,7H2,(H2,17,20). The van der Waals surface area contributed by atoms with E-state index in [1.807, 2.05) is 36.4 Å². The van der Waals surface area contributed by atoms with Crippen molar-refractivity contribution in [3.63, 3.8) is 0 Å². The average Bonchev–Trinajstić information content (AvgIpc) is 2.42. The minimum atomic E-state index is -0.641. The normalized spacial score (nSPS) is 12.1. The zero-order valence-electron chi connectivity index (χ0n) is 10.5. The first kappa shape index (κ1) is 15.2. The van der Waals surface area contributed by atoms with Crippen molar-refractivity contribution in [3.05, 3.63) is 62.8 Å². The van der Waals surface area contributed by atoms with Gasteiger partial charge in [0.2, 0.25) is 5.91 Å². The highest BCUT2D eigenvalue weighted by Crippen LogP contribution is 2.24. The van der Waals surface area contributed by atoms with E-state index < -0.39 is 11.9 Å². The highest BCUT2D eigenvalue weighted by molar-refractivity contribution is 9.11. The molecule has 1 aromatic carbocycles. The summed E-state index contributed by atoms with van der Waals surface area (Å²) in [6.45, 7) is 0.540. The molecule has 6 heteroatoms. The second kappa shape index (κ2) is 6.97. The van der Waals surface area contributed by atoms with Crippen molar-refractivity contribution < 1.29 is 4.79 Å². The SMILES string of the molecule is NC(=O)C(NCc1ccccc1)c1ncc(Br)cc1Br. The van der Waals surface area contributed by atoms with E-state index in [1.165, 1.54) is 0 Å². The van der Waals surface area contributed by atoms with Gasteiger partial charge in [-0.3, -0.25) is 15.1 Å². The Labute approximate surface area is 134 Å². The molecule has 0 aliphatic rings. The molecule has 0 saturated heterocycles. The van der Waals surface area contributed by atoms with Gasteiger partial charge in [-0.2, -0.15) is 0 Å². The van der Waals surface area contributed by atoms with Gasteiger partial charge >= 0.3 is 0 Å². The van der Waals surface area contributed by atoms with E-state index in [4.69, 9.17) is 5.73 Å². The van der Waals surface area contributed by atoms with Crippen molar-refractivity contribution in [1.82, 2.24) is 10.3 Å². The zero-order valence-corrected chi connectivity index (χ0v) is 13.7. The maximum atomic E-state index is 11.6. The summed E-state index contributed by atoms with van der Waals surface area (Å²) in [5.41, 5.74) is 7.12. The molecule has 0 spiro atoms. The van der Waals surface area contributed by atoms with Crippen LogP contribution < -0.4 is 11.1 Å². The Bertz CT molecular complexity index is 605. The lowest BCUT2D eigenvalue weighted by atomic mass is 10.1. The van der Waals surface area contributed by atoms with Gasteiger partial charge in [-0.05, 0) is 43.5 Å². The Morgan fingerprint density at radius 2 is 2.00 bits per heavy atom. The van der Waals surface area contributed by atoms with Crippen LogP contribution in [0.25, 0.3) is 0 Å². The maximum Gasteiger partial charge on any atom is 0.240 e. The summed E-state index contributed by atoms with van der Waals surface area (Å²) in [4.78, 5) is 15.9. The fourth-order valence-corrected chi connectivity index (χ4v) is 3.00. The van der Waals surface area contributed by atoms with E-state index in [0.29, 0.717) is 12.2 Å². The first-order valence-corrected chi connectivity index (χ1v) is 7.54. The van der Waals surface area contributed by atoms with Crippen LogP contribution in [-0.2, 0) is 11.3 Å². The molecule has 1 unspecified atom stereocenters. The van der Waals surface area contributed by atoms with E-state index in [1.54, 1.807) is 6.20 Å². The van der Waals surface area contributed by atoms with Crippen LogP contribution in [0.2, 0.25) is 0 Å². The summed E-state index contributed by atoms with van der Waals surface area (Å²) in [5, 5.41) is 3.13. The minimum Gasteiger partial charge on any atom is -0.368 e. The second-order valence-corrected chi connectivity index (χ2v) is 5.99. The smallest absolute Gasteiger partial charge is 0.240 e. The van der Waals surface area contributed by atoms with Crippen molar-refractivity contribution in [2.75, 3.05) is 0 Å². The van der Waals surface area contributed by atoms with E-state index in [9.17, 15) is 4.79 Å². The lowest BCUT2D eigenvalue weighted by Crippen LogP contribution is -2.34. The quantitative estimate of drug-likeness (QED) is 0.813. The van der Waals surface area contributed by atoms with Gasteiger partial charge in [0, 0.05) is 21.7 Å². The van der Waals surface area contributed by atoms with Gasteiger partial charge < -0.3 is 5.73 Å². The van der Waals surface area contributed by atoms with Gasteiger partial charge in [-0.15, -0.1) is 0 Å². The zero-order chi connectivity index (χ0) is 14.5. The molecule has 0 radical (unpaired) electrons. The first-order chi connectivity index (χ1) is 9.58. The molecule has 1 atom stereocenters. The molecular weight excluding hydrogens is 386 g/mol. The Hall–Kier alpha value is -1.24. The van der Waals surface area contributed by atoms with Crippen molar-refractivity contribution in [1.29, 1.82) is 0 Å². The number of carbonyl (C=O) groups excluding carboxylic acids is 1. The summed E-state index contributed by atoms with van der Waals surface area (Å²) in [6, 6.07) is 11.0. The van der Waals surface area contributed by atoms with Crippen LogP contribution in [0.1, 0.15) is 17.3 Å². The third kappa shape index (κ3) is 3.88. The molecule has 0 bridgehead atoms. The first-order valence-electron chi connectivity index (χ1n) is 5.95. The van der Waals surface area contributed by atoms with E-state index in [2.05, 4.69) is 42.2 Å². The summed E-state index contributed by atoms with van der Waals surface area (Å²) in [7, 11) is 0. The number of benzene rings is 1.